The highest BCUT2D eigenvalue weighted by Crippen LogP contribution is 2.22. The molecule has 3 nitrogen and oxygen atoms in total. The summed E-state index contributed by atoms with van der Waals surface area (Å²) in [4.78, 5) is 11.3. The van der Waals surface area contributed by atoms with E-state index in [1.165, 1.54) is 6.08 Å². The molecule has 102 valence electrons. The van der Waals surface area contributed by atoms with Gasteiger partial charge >= 0.3 is 5.97 Å². The number of esters is 1. The standard InChI is InChI=1S/C17H16O3/c1-2-19-17(18)12-11-14-7-6-10-16(13-14)20-15-8-4-3-5-9-15/h3-13H,2H2,1H3/b12-11+. The highest BCUT2D eigenvalue weighted by atomic mass is 16.5. The fourth-order valence-electron chi connectivity index (χ4n) is 1.66. The van der Waals surface area contributed by atoms with Gasteiger partial charge in [-0.3, -0.25) is 0 Å². The lowest BCUT2D eigenvalue weighted by atomic mass is 10.2. The summed E-state index contributed by atoms with van der Waals surface area (Å²) in [5, 5.41) is 0. The minimum Gasteiger partial charge on any atom is -0.463 e. The molecule has 2 rings (SSSR count). The number of carbonyl (C=O) groups is 1. The summed E-state index contributed by atoms with van der Waals surface area (Å²) in [5.41, 5.74) is 0.881. The molecule has 0 amide bonds. The van der Waals surface area contributed by atoms with Gasteiger partial charge in [-0.25, -0.2) is 4.79 Å². The van der Waals surface area contributed by atoms with E-state index in [1.54, 1.807) is 13.0 Å². The maximum atomic E-state index is 11.3. The van der Waals surface area contributed by atoms with E-state index in [0.29, 0.717) is 6.61 Å². The monoisotopic (exact) mass is 268 g/mol. The molecule has 0 saturated carbocycles. The first-order chi connectivity index (χ1) is 9.78. The Morgan fingerprint density at radius 1 is 1.05 bits per heavy atom. The Morgan fingerprint density at radius 2 is 1.80 bits per heavy atom. The Bertz CT molecular complexity index is 588. The predicted octanol–water partition coefficient (Wildman–Crippen LogP) is 4.06. The lowest BCUT2D eigenvalue weighted by molar-refractivity contribution is -0.137. The first-order valence-corrected chi connectivity index (χ1v) is 6.46. The summed E-state index contributed by atoms with van der Waals surface area (Å²) in [6.07, 6.45) is 3.11. The van der Waals surface area contributed by atoms with E-state index >= 15 is 0 Å². The lowest BCUT2D eigenvalue weighted by Crippen LogP contribution is -1.98. The van der Waals surface area contributed by atoms with Crippen LogP contribution in [-0.4, -0.2) is 12.6 Å². The molecule has 20 heavy (non-hydrogen) atoms. The summed E-state index contributed by atoms with van der Waals surface area (Å²) in [7, 11) is 0. The van der Waals surface area contributed by atoms with Crippen molar-refractivity contribution >= 4 is 12.0 Å². The van der Waals surface area contributed by atoms with Gasteiger partial charge < -0.3 is 9.47 Å². The molecule has 0 saturated heterocycles. The Morgan fingerprint density at radius 3 is 2.55 bits per heavy atom. The van der Waals surface area contributed by atoms with Crippen LogP contribution in [0.5, 0.6) is 11.5 Å². The Hall–Kier alpha value is -2.55. The van der Waals surface area contributed by atoms with Crippen LogP contribution in [-0.2, 0) is 9.53 Å². The number of benzene rings is 2. The van der Waals surface area contributed by atoms with Gasteiger partial charge in [0.05, 0.1) is 6.61 Å². The molecular weight excluding hydrogens is 252 g/mol. The van der Waals surface area contributed by atoms with Gasteiger partial charge in [0, 0.05) is 6.08 Å². The third-order valence-corrected chi connectivity index (χ3v) is 2.54. The molecule has 0 atom stereocenters. The van der Waals surface area contributed by atoms with Crippen molar-refractivity contribution in [1.82, 2.24) is 0 Å². The number of carbonyl (C=O) groups excluding carboxylic acids is 1. The topological polar surface area (TPSA) is 35.5 Å². The highest BCUT2D eigenvalue weighted by Gasteiger charge is 1.98. The summed E-state index contributed by atoms with van der Waals surface area (Å²) in [6, 6.07) is 17.1. The van der Waals surface area contributed by atoms with Crippen molar-refractivity contribution in [2.75, 3.05) is 6.61 Å². The second kappa shape index (κ2) is 7.14. The molecule has 0 aromatic heterocycles. The Labute approximate surface area is 118 Å². The third-order valence-electron chi connectivity index (χ3n) is 2.54. The zero-order valence-corrected chi connectivity index (χ0v) is 11.3. The molecule has 0 N–H and O–H groups in total. The average molecular weight is 268 g/mol. The number of rotatable bonds is 5. The quantitative estimate of drug-likeness (QED) is 0.606. The van der Waals surface area contributed by atoms with Crippen LogP contribution < -0.4 is 4.74 Å². The van der Waals surface area contributed by atoms with Crippen LogP contribution in [0.4, 0.5) is 0 Å². The third kappa shape index (κ3) is 4.28. The van der Waals surface area contributed by atoms with E-state index < -0.39 is 0 Å². The van der Waals surface area contributed by atoms with E-state index in [9.17, 15) is 4.79 Å². The zero-order valence-electron chi connectivity index (χ0n) is 11.3. The predicted molar refractivity (Wildman–Crippen MR) is 78.6 cm³/mol. The van der Waals surface area contributed by atoms with Gasteiger partial charge in [0.2, 0.25) is 0 Å². The summed E-state index contributed by atoms with van der Waals surface area (Å²) in [5.74, 6) is 1.16. The van der Waals surface area contributed by atoms with E-state index in [2.05, 4.69) is 0 Å². The second-order valence-corrected chi connectivity index (χ2v) is 4.07. The van der Waals surface area contributed by atoms with E-state index in [1.807, 2.05) is 54.6 Å². The van der Waals surface area contributed by atoms with Gasteiger partial charge in [-0.05, 0) is 42.8 Å². The number of hydrogen-bond donors (Lipinski definition) is 0. The molecule has 0 heterocycles. The molecule has 0 bridgehead atoms. The number of hydrogen-bond acceptors (Lipinski definition) is 3. The van der Waals surface area contributed by atoms with Crippen molar-refractivity contribution in [3.8, 4) is 11.5 Å². The summed E-state index contributed by atoms with van der Waals surface area (Å²) >= 11 is 0. The van der Waals surface area contributed by atoms with Gasteiger partial charge in [0.15, 0.2) is 0 Å². The normalized spacial score (nSPS) is 10.4. The van der Waals surface area contributed by atoms with Crippen LogP contribution >= 0.6 is 0 Å². The SMILES string of the molecule is CCOC(=O)/C=C/c1cccc(Oc2ccccc2)c1. The largest absolute Gasteiger partial charge is 0.463 e. The van der Waals surface area contributed by atoms with Crippen molar-refractivity contribution in [3.05, 3.63) is 66.2 Å². The Kier molecular flexibility index (Phi) is 4.95. The van der Waals surface area contributed by atoms with E-state index in [4.69, 9.17) is 9.47 Å². The molecular formula is C17H16O3. The molecule has 0 unspecified atom stereocenters. The molecule has 0 spiro atoms. The summed E-state index contributed by atoms with van der Waals surface area (Å²) < 4.78 is 10.6. The van der Waals surface area contributed by atoms with Crippen LogP contribution in [0.1, 0.15) is 12.5 Å². The van der Waals surface area contributed by atoms with Crippen molar-refractivity contribution in [3.63, 3.8) is 0 Å². The lowest BCUT2D eigenvalue weighted by Gasteiger charge is -2.05. The van der Waals surface area contributed by atoms with Crippen molar-refractivity contribution in [1.29, 1.82) is 0 Å². The first kappa shape index (κ1) is 13.9. The zero-order chi connectivity index (χ0) is 14.2. The fraction of sp³-hybridized carbons (Fsp3) is 0.118. The highest BCUT2D eigenvalue weighted by molar-refractivity contribution is 5.87. The molecule has 2 aromatic carbocycles. The minimum absolute atomic E-state index is 0.345. The molecule has 0 aliphatic rings. The van der Waals surface area contributed by atoms with E-state index in [0.717, 1.165) is 17.1 Å². The van der Waals surface area contributed by atoms with Crippen LogP contribution in [0.2, 0.25) is 0 Å². The number of ether oxygens (including phenoxy) is 2. The van der Waals surface area contributed by atoms with Gasteiger partial charge in [0.1, 0.15) is 11.5 Å². The molecule has 2 aromatic rings. The maximum absolute atomic E-state index is 11.3. The van der Waals surface area contributed by atoms with Crippen LogP contribution in [0, 0.1) is 0 Å². The molecule has 0 radical (unpaired) electrons. The minimum atomic E-state index is -0.345. The first-order valence-electron chi connectivity index (χ1n) is 6.46. The van der Waals surface area contributed by atoms with Crippen LogP contribution in [0.3, 0.4) is 0 Å². The van der Waals surface area contributed by atoms with Gasteiger partial charge in [0.25, 0.3) is 0 Å². The van der Waals surface area contributed by atoms with Crippen LogP contribution in [0.25, 0.3) is 6.08 Å². The van der Waals surface area contributed by atoms with Crippen molar-refractivity contribution in [2.24, 2.45) is 0 Å². The average Bonchev–Trinajstić information content (AvgIpc) is 2.47. The van der Waals surface area contributed by atoms with Gasteiger partial charge in [-0.15, -0.1) is 0 Å². The molecule has 3 heteroatoms. The Balaban J connectivity index is 2.06. The van der Waals surface area contributed by atoms with Gasteiger partial charge in [-0.1, -0.05) is 30.3 Å². The van der Waals surface area contributed by atoms with Gasteiger partial charge in [-0.2, -0.15) is 0 Å². The fourth-order valence-corrected chi connectivity index (χ4v) is 1.66. The van der Waals surface area contributed by atoms with Crippen molar-refractivity contribution < 1.29 is 14.3 Å². The van der Waals surface area contributed by atoms with E-state index in [-0.39, 0.29) is 5.97 Å². The molecule has 0 aliphatic heterocycles. The molecule has 0 aliphatic carbocycles. The second-order valence-electron chi connectivity index (χ2n) is 4.07. The smallest absolute Gasteiger partial charge is 0.330 e. The summed E-state index contributed by atoms with van der Waals surface area (Å²) in [6.45, 7) is 2.15. The number of para-hydroxylation sites is 1. The van der Waals surface area contributed by atoms with Crippen LogP contribution in [0.15, 0.2) is 60.7 Å². The van der Waals surface area contributed by atoms with Crippen molar-refractivity contribution in [2.45, 2.75) is 6.92 Å². The maximum Gasteiger partial charge on any atom is 0.330 e. The molecule has 0 fully saturated rings.